The van der Waals surface area contributed by atoms with Gasteiger partial charge >= 0.3 is 12.1 Å². The third-order valence-electron chi connectivity index (χ3n) is 2.85. The van der Waals surface area contributed by atoms with Crippen LogP contribution in [0.15, 0.2) is 0 Å². The molecule has 0 fully saturated rings. The molecular formula is C14H26F3NO3S. The predicted molar refractivity (Wildman–Crippen MR) is 80.5 cm³/mol. The molecule has 0 unspecified atom stereocenters. The van der Waals surface area contributed by atoms with Crippen LogP contribution in [0.2, 0.25) is 0 Å². The van der Waals surface area contributed by atoms with E-state index in [1.165, 1.54) is 6.92 Å². The lowest BCUT2D eigenvalue weighted by Gasteiger charge is -2.30. The smallest absolute Gasteiger partial charge is 0.405 e. The van der Waals surface area contributed by atoms with Gasteiger partial charge in [0.05, 0.1) is 28.3 Å². The quantitative estimate of drug-likeness (QED) is 0.721. The van der Waals surface area contributed by atoms with Crippen molar-refractivity contribution in [2.75, 3.05) is 6.61 Å². The summed E-state index contributed by atoms with van der Waals surface area (Å²) >= 11 is 0. The van der Waals surface area contributed by atoms with Crippen LogP contribution >= 0.6 is 0 Å². The molecule has 0 bridgehead atoms. The van der Waals surface area contributed by atoms with E-state index in [2.05, 4.69) is 4.72 Å². The van der Waals surface area contributed by atoms with Crippen molar-refractivity contribution in [3.8, 4) is 0 Å². The second-order valence-electron chi connectivity index (χ2n) is 6.56. The first kappa shape index (κ1) is 21.4. The minimum Gasteiger partial charge on any atom is -0.465 e. The standard InChI is InChI=1S/C14H26F3NO3S/c1-7-10(12(19)21-8-9(2)3)11(14(15,16)17)18-22(20)13(4,5)6/h9-11,18H,7-8H2,1-6H3/t10-,11-,22-/m1/s1. The Morgan fingerprint density at radius 1 is 1.23 bits per heavy atom. The Kier molecular flexibility index (Phi) is 8.05. The zero-order valence-corrected chi connectivity index (χ0v) is 14.7. The van der Waals surface area contributed by atoms with Crippen LogP contribution in [-0.4, -0.2) is 33.8 Å². The maximum Gasteiger partial charge on any atom is 0.405 e. The van der Waals surface area contributed by atoms with Crippen LogP contribution in [0.5, 0.6) is 0 Å². The third kappa shape index (κ3) is 7.09. The fourth-order valence-electron chi connectivity index (χ4n) is 1.56. The summed E-state index contributed by atoms with van der Waals surface area (Å²) in [7, 11) is -1.94. The molecule has 0 aromatic carbocycles. The lowest BCUT2D eigenvalue weighted by atomic mass is 9.97. The van der Waals surface area contributed by atoms with Crippen LogP contribution in [0.4, 0.5) is 13.2 Å². The monoisotopic (exact) mass is 345 g/mol. The molecule has 0 aliphatic carbocycles. The van der Waals surface area contributed by atoms with Gasteiger partial charge in [-0.25, -0.2) is 8.93 Å². The molecule has 0 saturated heterocycles. The number of hydrogen-bond donors (Lipinski definition) is 1. The Labute approximate surface area is 132 Å². The van der Waals surface area contributed by atoms with E-state index in [-0.39, 0.29) is 18.9 Å². The minimum absolute atomic E-state index is 0.0301. The molecule has 0 amide bonds. The molecule has 0 aromatic rings. The van der Waals surface area contributed by atoms with Crippen LogP contribution in [0, 0.1) is 11.8 Å². The second-order valence-corrected chi connectivity index (χ2v) is 8.55. The maximum atomic E-state index is 13.3. The van der Waals surface area contributed by atoms with E-state index in [1.807, 2.05) is 0 Å². The molecule has 3 atom stereocenters. The fourth-order valence-corrected chi connectivity index (χ4v) is 2.45. The molecule has 1 N–H and O–H groups in total. The molecule has 0 heterocycles. The normalized spacial score (nSPS) is 17.2. The molecule has 0 saturated carbocycles. The summed E-state index contributed by atoms with van der Waals surface area (Å²) in [5, 5.41) is 0. The lowest BCUT2D eigenvalue weighted by Crippen LogP contribution is -2.53. The van der Waals surface area contributed by atoms with Crippen molar-refractivity contribution >= 4 is 17.0 Å². The summed E-state index contributed by atoms with van der Waals surface area (Å²) in [5.74, 6) is -2.32. The number of rotatable bonds is 7. The van der Waals surface area contributed by atoms with Crippen LogP contribution in [0.3, 0.4) is 0 Å². The van der Waals surface area contributed by atoms with Crippen LogP contribution in [-0.2, 0) is 20.5 Å². The number of ether oxygens (including phenoxy) is 1. The summed E-state index contributed by atoms with van der Waals surface area (Å²) < 4.78 is 57.9. The van der Waals surface area contributed by atoms with Gasteiger partial charge in [0.1, 0.15) is 6.04 Å². The highest BCUT2D eigenvalue weighted by Gasteiger charge is 2.49. The van der Waals surface area contributed by atoms with Gasteiger partial charge in [0.15, 0.2) is 0 Å². The van der Waals surface area contributed by atoms with Gasteiger partial charge in [-0.05, 0) is 33.1 Å². The molecule has 0 aliphatic rings. The minimum atomic E-state index is -4.70. The molecule has 4 nitrogen and oxygen atoms in total. The van der Waals surface area contributed by atoms with Crippen molar-refractivity contribution in [1.82, 2.24) is 4.72 Å². The van der Waals surface area contributed by atoms with Crippen molar-refractivity contribution < 1.29 is 26.9 Å². The average molecular weight is 345 g/mol. The number of nitrogens with one attached hydrogen (secondary N) is 1. The van der Waals surface area contributed by atoms with Gasteiger partial charge in [-0.2, -0.15) is 13.2 Å². The highest BCUT2D eigenvalue weighted by atomic mass is 32.2. The maximum absolute atomic E-state index is 13.3. The summed E-state index contributed by atoms with van der Waals surface area (Å²) in [6.07, 6.45) is -4.76. The molecule has 8 heteroatoms. The van der Waals surface area contributed by atoms with E-state index in [4.69, 9.17) is 4.74 Å². The lowest BCUT2D eigenvalue weighted by molar-refractivity contribution is -0.179. The second kappa shape index (κ2) is 8.29. The van der Waals surface area contributed by atoms with E-state index in [0.29, 0.717) is 0 Å². The fraction of sp³-hybridized carbons (Fsp3) is 0.929. The number of esters is 1. The van der Waals surface area contributed by atoms with Crippen LogP contribution in [0.1, 0.15) is 48.0 Å². The summed E-state index contributed by atoms with van der Waals surface area (Å²) in [6.45, 7) is 9.79. The van der Waals surface area contributed by atoms with Gasteiger partial charge in [-0.3, -0.25) is 4.79 Å². The van der Waals surface area contributed by atoms with Crippen molar-refractivity contribution in [3.63, 3.8) is 0 Å². The van der Waals surface area contributed by atoms with Gasteiger partial charge < -0.3 is 4.74 Å². The van der Waals surface area contributed by atoms with Crippen molar-refractivity contribution in [3.05, 3.63) is 0 Å². The van der Waals surface area contributed by atoms with Crippen molar-refractivity contribution in [1.29, 1.82) is 0 Å². The van der Waals surface area contributed by atoms with Gasteiger partial charge in [0.2, 0.25) is 0 Å². The molecule has 0 aliphatic heterocycles. The highest BCUT2D eigenvalue weighted by Crippen LogP contribution is 2.29. The highest BCUT2D eigenvalue weighted by molar-refractivity contribution is 7.84. The summed E-state index contributed by atoms with van der Waals surface area (Å²) in [6, 6.07) is -2.20. The number of hydrogen-bond acceptors (Lipinski definition) is 3. The Balaban J connectivity index is 5.22. The van der Waals surface area contributed by atoms with E-state index >= 15 is 0 Å². The molecule has 22 heavy (non-hydrogen) atoms. The summed E-state index contributed by atoms with van der Waals surface area (Å²) in [4.78, 5) is 11.9. The predicted octanol–water partition coefficient (Wildman–Crippen LogP) is 3.19. The average Bonchev–Trinajstić information content (AvgIpc) is 2.33. The summed E-state index contributed by atoms with van der Waals surface area (Å²) in [5.41, 5.74) is 0. The zero-order valence-electron chi connectivity index (χ0n) is 13.9. The van der Waals surface area contributed by atoms with E-state index < -0.39 is 39.8 Å². The molecular weight excluding hydrogens is 319 g/mol. The van der Waals surface area contributed by atoms with E-state index in [1.54, 1.807) is 34.6 Å². The first-order valence-corrected chi connectivity index (χ1v) is 8.37. The number of carbonyl (C=O) groups excluding carboxylic acids is 1. The van der Waals surface area contributed by atoms with Crippen molar-refractivity contribution in [2.45, 2.75) is 64.9 Å². The van der Waals surface area contributed by atoms with Gasteiger partial charge in [0, 0.05) is 0 Å². The molecule has 0 radical (unpaired) electrons. The molecule has 0 spiro atoms. The van der Waals surface area contributed by atoms with Crippen LogP contribution in [0.25, 0.3) is 0 Å². The van der Waals surface area contributed by atoms with E-state index in [0.717, 1.165) is 0 Å². The Morgan fingerprint density at radius 2 is 1.73 bits per heavy atom. The molecule has 0 rings (SSSR count). The Hall–Kier alpha value is -0.630. The van der Waals surface area contributed by atoms with E-state index in [9.17, 15) is 22.2 Å². The topological polar surface area (TPSA) is 55.4 Å². The number of halogens is 3. The van der Waals surface area contributed by atoms with Crippen molar-refractivity contribution in [2.24, 2.45) is 11.8 Å². The Bertz CT molecular complexity index is 392. The SMILES string of the molecule is CC[C@@H](C(=O)OCC(C)C)[C@@H](N[S@](=O)C(C)(C)C)C(F)(F)F. The van der Waals surface area contributed by atoms with Gasteiger partial charge in [-0.15, -0.1) is 0 Å². The molecule has 0 aromatic heterocycles. The largest absolute Gasteiger partial charge is 0.465 e. The molecule has 132 valence electrons. The number of carbonyl (C=O) groups is 1. The number of alkyl halides is 3. The first-order chi connectivity index (χ1) is 9.80. The van der Waals surface area contributed by atoms with Gasteiger partial charge in [0.25, 0.3) is 0 Å². The Morgan fingerprint density at radius 3 is 2.05 bits per heavy atom. The first-order valence-electron chi connectivity index (χ1n) is 7.22. The third-order valence-corrected chi connectivity index (χ3v) is 4.43. The zero-order chi connectivity index (χ0) is 17.7. The van der Waals surface area contributed by atoms with Crippen LogP contribution < -0.4 is 4.72 Å². The van der Waals surface area contributed by atoms with Gasteiger partial charge in [-0.1, -0.05) is 20.8 Å².